The van der Waals surface area contributed by atoms with Gasteiger partial charge in [-0.2, -0.15) is 5.10 Å². The van der Waals surface area contributed by atoms with E-state index in [1.54, 1.807) is 12.4 Å². The molecule has 2 aromatic heterocycles. The first-order valence-corrected chi connectivity index (χ1v) is 9.25. The topological polar surface area (TPSA) is 65.1 Å². The summed E-state index contributed by atoms with van der Waals surface area (Å²) in [7, 11) is 0. The quantitative estimate of drug-likeness (QED) is 0.908. The third-order valence-corrected chi connectivity index (χ3v) is 5.46. The molecule has 2 fully saturated rings. The van der Waals surface area contributed by atoms with Gasteiger partial charge in [0.25, 0.3) is 0 Å². The second kappa shape index (κ2) is 7.35. The molecule has 2 aliphatic rings. The number of H-pyrrole nitrogens is 1. The van der Waals surface area contributed by atoms with E-state index >= 15 is 0 Å². The first kappa shape index (κ1) is 16.3. The van der Waals surface area contributed by atoms with Crippen molar-refractivity contribution >= 4 is 5.91 Å². The lowest BCUT2D eigenvalue weighted by Gasteiger charge is -2.32. The molecule has 0 saturated carbocycles. The Balaban J connectivity index is 1.29. The highest BCUT2D eigenvalue weighted by atomic mass is 16.2. The van der Waals surface area contributed by atoms with Crippen LogP contribution in [-0.2, 0) is 4.79 Å². The number of rotatable bonds is 5. The van der Waals surface area contributed by atoms with Crippen molar-refractivity contribution in [2.45, 2.75) is 31.6 Å². The van der Waals surface area contributed by atoms with Gasteiger partial charge in [-0.05, 0) is 50.6 Å². The van der Waals surface area contributed by atoms with Gasteiger partial charge in [0, 0.05) is 55.6 Å². The Bertz CT molecular complexity index is 706. The van der Waals surface area contributed by atoms with Crippen molar-refractivity contribution in [3.05, 3.63) is 36.3 Å². The summed E-state index contributed by atoms with van der Waals surface area (Å²) >= 11 is 0. The first-order chi connectivity index (χ1) is 12.3. The molecule has 0 radical (unpaired) electrons. The summed E-state index contributed by atoms with van der Waals surface area (Å²) < 4.78 is 0. The molecular formula is C19H25N5O. The van der Waals surface area contributed by atoms with Crippen molar-refractivity contribution in [2.75, 3.05) is 32.7 Å². The first-order valence-electron chi connectivity index (χ1n) is 9.25. The molecule has 6 nitrogen and oxygen atoms in total. The highest BCUT2D eigenvalue weighted by Crippen LogP contribution is 2.29. The SMILES string of the molecule is O=C1CCCN1CCN1CCC(c2cc(-c3ccncc3)n[nH]2)CC1. The molecule has 1 N–H and O–H groups in total. The van der Waals surface area contributed by atoms with Gasteiger partial charge in [-0.15, -0.1) is 0 Å². The number of hydrogen-bond donors (Lipinski definition) is 1. The average molecular weight is 339 g/mol. The average Bonchev–Trinajstić information content (AvgIpc) is 3.30. The van der Waals surface area contributed by atoms with Crippen molar-refractivity contribution in [3.63, 3.8) is 0 Å². The third-order valence-electron chi connectivity index (χ3n) is 5.46. The summed E-state index contributed by atoms with van der Waals surface area (Å²) in [6.07, 6.45) is 7.65. The van der Waals surface area contributed by atoms with Crippen molar-refractivity contribution < 1.29 is 4.79 Å². The molecule has 132 valence electrons. The van der Waals surface area contributed by atoms with E-state index in [1.165, 1.54) is 5.69 Å². The molecule has 4 rings (SSSR count). The molecule has 0 spiro atoms. The molecule has 0 aliphatic carbocycles. The molecule has 0 bridgehead atoms. The number of likely N-dealkylation sites (tertiary alicyclic amines) is 2. The Hall–Kier alpha value is -2.21. The number of hydrogen-bond acceptors (Lipinski definition) is 4. The van der Waals surface area contributed by atoms with E-state index in [0.29, 0.717) is 11.8 Å². The predicted molar refractivity (Wildman–Crippen MR) is 96.0 cm³/mol. The lowest BCUT2D eigenvalue weighted by atomic mass is 9.93. The van der Waals surface area contributed by atoms with E-state index in [2.05, 4.69) is 26.1 Å². The van der Waals surface area contributed by atoms with Crippen molar-refractivity contribution in [1.29, 1.82) is 0 Å². The molecule has 2 saturated heterocycles. The fourth-order valence-electron chi connectivity index (χ4n) is 3.89. The zero-order valence-corrected chi connectivity index (χ0v) is 14.5. The Morgan fingerprint density at radius 1 is 1.12 bits per heavy atom. The van der Waals surface area contributed by atoms with E-state index in [9.17, 15) is 4.79 Å². The Morgan fingerprint density at radius 2 is 1.92 bits per heavy atom. The Kier molecular flexibility index (Phi) is 4.78. The van der Waals surface area contributed by atoms with Crippen LogP contribution in [0.1, 0.15) is 37.3 Å². The molecule has 0 aromatic carbocycles. The summed E-state index contributed by atoms with van der Waals surface area (Å²) in [5.41, 5.74) is 3.33. The number of pyridine rings is 1. The van der Waals surface area contributed by atoms with Gasteiger partial charge < -0.3 is 9.80 Å². The van der Waals surface area contributed by atoms with Gasteiger partial charge >= 0.3 is 0 Å². The second-order valence-electron chi connectivity index (χ2n) is 7.04. The highest BCUT2D eigenvalue weighted by molar-refractivity contribution is 5.78. The number of carbonyl (C=O) groups is 1. The fourth-order valence-corrected chi connectivity index (χ4v) is 3.89. The smallest absolute Gasteiger partial charge is 0.222 e. The van der Waals surface area contributed by atoms with Crippen LogP contribution in [0.4, 0.5) is 0 Å². The van der Waals surface area contributed by atoms with Crippen LogP contribution in [-0.4, -0.2) is 63.6 Å². The summed E-state index contributed by atoms with van der Waals surface area (Å²) in [5.74, 6) is 0.878. The number of aromatic nitrogens is 3. The Labute approximate surface area is 148 Å². The largest absolute Gasteiger partial charge is 0.341 e. The lowest BCUT2D eigenvalue weighted by molar-refractivity contribution is -0.127. The molecule has 2 aliphatic heterocycles. The standard InChI is InChI=1S/C19H25N5O/c25-19-2-1-9-24(19)13-12-23-10-5-16(6-11-23)18-14-17(21-22-18)15-3-7-20-8-4-15/h3-4,7-8,14,16H,1-2,5-6,9-13H2,(H,21,22). The molecule has 0 unspecified atom stereocenters. The minimum atomic E-state index is 0.330. The van der Waals surface area contributed by atoms with Gasteiger partial charge in [-0.25, -0.2) is 0 Å². The predicted octanol–water partition coefficient (Wildman–Crippen LogP) is 2.27. The number of amides is 1. The van der Waals surface area contributed by atoms with Gasteiger partial charge in [-0.1, -0.05) is 0 Å². The number of nitrogens with one attached hydrogen (secondary N) is 1. The van der Waals surface area contributed by atoms with Crippen LogP contribution in [0.2, 0.25) is 0 Å². The molecule has 1 amide bonds. The number of nitrogens with zero attached hydrogens (tertiary/aromatic N) is 4. The maximum absolute atomic E-state index is 11.7. The molecule has 25 heavy (non-hydrogen) atoms. The van der Waals surface area contributed by atoms with Crippen LogP contribution in [0, 0.1) is 0 Å². The maximum Gasteiger partial charge on any atom is 0.222 e. The van der Waals surface area contributed by atoms with Crippen LogP contribution in [0.5, 0.6) is 0 Å². The van der Waals surface area contributed by atoms with Crippen molar-refractivity contribution in [3.8, 4) is 11.3 Å². The minimum absolute atomic E-state index is 0.330. The van der Waals surface area contributed by atoms with E-state index in [1.807, 2.05) is 17.0 Å². The van der Waals surface area contributed by atoms with Crippen molar-refractivity contribution in [2.24, 2.45) is 0 Å². The fraction of sp³-hybridized carbons (Fsp3) is 0.526. The molecule has 4 heterocycles. The van der Waals surface area contributed by atoms with Crippen LogP contribution in [0.25, 0.3) is 11.3 Å². The molecular weight excluding hydrogens is 314 g/mol. The summed E-state index contributed by atoms with van der Waals surface area (Å²) in [6, 6.07) is 6.16. The van der Waals surface area contributed by atoms with Crippen LogP contribution in [0.3, 0.4) is 0 Å². The summed E-state index contributed by atoms with van der Waals surface area (Å²) in [5, 5.41) is 7.70. The normalized spacial score (nSPS) is 19.7. The van der Waals surface area contributed by atoms with E-state index in [-0.39, 0.29) is 0 Å². The monoisotopic (exact) mass is 339 g/mol. The van der Waals surface area contributed by atoms with Gasteiger partial charge in [0.15, 0.2) is 0 Å². The van der Waals surface area contributed by atoms with E-state index in [4.69, 9.17) is 0 Å². The number of carbonyl (C=O) groups excluding carboxylic acids is 1. The van der Waals surface area contributed by atoms with Gasteiger partial charge in [0.1, 0.15) is 0 Å². The highest BCUT2D eigenvalue weighted by Gasteiger charge is 2.24. The van der Waals surface area contributed by atoms with E-state index in [0.717, 1.165) is 69.7 Å². The number of piperidine rings is 1. The van der Waals surface area contributed by atoms with Crippen LogP contribution >= 0.6 is 0 Å². The molecule has 2 aromatic rings. The maximum atomic E-state index is 11.7. The van der Waals surface area contributed by atoms with E-state index < -0.39 is 0 Å². The second-order valence-corrected chi connectivity index (χ2v) is 7.04. The summed E-state index contributed by atoms with van der Waals surface area (Å²) in [6.45, 7) is 5.03. The summed E-state index contributed by atoms with van der Waals surface area (Å²) in [4.78, 5) is 20.3. The third kappa shape index (κ3) is 3.74. The van der Waals surface area contributed by atoms with Crippen LogP contribution < -0.4 is 0 Å². The van der Waals surface area contributed by atoms with Gasteiger partial charge in [-0.3, -0.25) is 14.9 Å². The lowest BCUT2D eigenvalue weighted by Crippen LogP contribution is -2.39. The van der Waals surface area contributed by atoms with Gasteiger partial charge in [0.2, 0.25) is 5.91 Å². The molecule has 0 atom stereocenters. The zero-order valence-electron chi connectivity index (χ0n) is 14.5. The van der Waals surface area contributed by atoms with Crippen molar-refractivity contribution in [1.82, 2.24) is 25.0 Å². The van der Waals surface area contributed by atoms with Gasteiger partial charge in [0.05, 0.1) is 5.69 Å². The zero-order chi connectivity index (χ0) is 17.1. The van der Waals surface area contributed by atoms with Crippen LogP contribution in [0.15, 0.2) is 30.6 Å². The molecule has 6 heteroatoms. The minimum Gasteiger partial charge on any atom is -0.341 e. The Morgan fingerprint density at radius 3 is 2.64 bits per heavy atom. The number of aromatic amines is 1.